The molecule has 0 spiro atoms. The number of aryl methyl sites for hydroxylation is 1. The molecule has 2 N–H and O–H groups in total. The number of carbonyl (C=O) groups is 2. The topological polar surface area (TPSA) is 112 Å². The van der Waals surface area contributed by atoms with Gasteiger partial charge in [-0.1, -0.05) is 26.0 Å². The van der Waals surface area contributed by atoms with Crippen LogP contribution in [-0.2, 0) is 17.1 Å². The van der Waals surface area contributed by atoms with Crippen molar-refractivity contribution >= 4 is 27.7 Å². The van der Waals surface area contributed by atoms with Gasteiger partial charge in [0.25, 0.3) is 0 Å². The van der Waals surface area contributed by atoms with E-state index in [4.69, 9.17) is 5.11 Å². The molecule has 1 atom stereocenters. The average Bonchev–Trinajstić information content (AvgIpc) is 3.16. The highest BCUT2D eigenvalue weighted by Gasteiger charge is 2.31. The Hall–Kier alpha value is -2.85. The summed E-state index contributed by atoms with van der Waals surface area (Å²) in [5.41, 5.74) is 1.81. The van der Waals surface area contributed by atoms with Gasteiger partial charge < -0.3 is 19.9 Å². The Morgan fingerprint density at radius 1 is 1.13 bits per heavy atom. The normalized spacial score (nSPS) is 16.2. The van der Waals surface area contributed by atoms with E-state index >= 15 is 0 Å². The Bertz CT molecular complexity index is 1050. The van der Waals surface area contributed by atoms with E-state index in [-0.39, 0.29) is 42.8 Å². The number of amides is 2. The fourth-order valence-electron chi connectivity index (χ4n) is 3.50. The van der Waals surface area contributed by atoms with Gasteiger partial charge in [-0.2, -0.15) is 4.31 Å². The maximum atomic E-state index is 12.9. The smallest absolute Gasteiger partial charge is 0.352 e. The molecule has 1 aliphatic heterocycles. The minimum Gasteiger partial charge on any atom is -0.477 e. The van der Waals surface area contributed by atoms with Gasteiger partial charge in [0.1, 0.15) is 10.6 Å². The third-order valence-corrected chi connectivity index (χ3v) is 7.57. The van der Waals surface area contributed by atoms with E-state index in [1.807, 2.05) is 24.3 Å². The maximum Gasteiger partial charge on any atom is 0.352 e. The van der Waals surface area contributed by atoms with Crippen LogP contribution in [0.1, 0.15) is 42.2 Å². The summed E-state index contributed by atoms with van der Waals surface area (Å²) < 4.78 is 28.3. The highest BCUT2D eigenvalue weighted by molar-refractivity contribution is 7.89. The van der Waals surface area contributed by atoms with Crippen LogP contribution >= 0.6 is 0 Å². The van der Waals surface area contributed by atoms with Crippen LogP contribution in [-0.4, -0.2) is 65.5 Å². The summed E-state index contributed by atoms with van der Waals surface area (Å²) in [7, 11) is -2.34. The van der Waals surface area contributed by atoms with Crippen molar-refractivity contribution in [2.75, 3.05) is 31.5 Å². The largest absolute Gasteiger partial charge is 0.477 e. The van der Waals surface area contributed by atoms with E-state index in [9.17, 15) is 18.0 Å². The second-order valence-electron chi connectivity index (χ2n) is 7.73. The highest BCUT2D eigenvalue weighted by Crippen LogP contribution is 2.22. The molecule has 2 amide bonds. The van der Waals surface area contributed by atoms with E-state index in [0.717, 1.165) is 12.5 Å². The van der Waals surface area contributed by atoms with Crippen molar-refractivity contribution in [1.29, 1.82) is 0 Å². The summed E-state index contributed by atoms with van der Waals surface area (Å²) >= 11 is 0. The molecule has 0 aliphatic carbocycles. The number of nitrogens with one attached hydrogen (secondary N) is 1. The lowest BCUT2D eigenvalue weighted by Gasteiger charge is -2.33. The first-order chi connectivity index (χ1) is 14.6. The molecule has 1 aromatic heterocycles. The quantitative estimate of drug-likeness (QED) is 0.706. The van der Waals surface area contributed by atoms with Gasteiger partial charge in [0.2, 0.25) is 10.0 Å². The lowest BCUT2D eigenvalue weighted by molar-refractivity contribution is 0.0686. The zero-order valence-electron chi connectivity index (χ0n) is 17.9. The van der Waals surface area contributed by atoms with Crippen LogP contribution in [0.4, 0.5) is 10.5 Å². The second-order valence-corrected chi connectivity index (χ2v) is 9.67. The van der Waals surface area contributed by atoms with Crippen molar-refractivity contribution in [3.05, 3.63) is 47.8 Å². The Morgan fingerprint density at radius 3 is 2.26 bits per heavy atom. The van der Waals surface area contributed by atoms with Crippen LogP contribution in [0, 0.1) is 0 Å². The molecular formula is C21H28N4O5S. The molecule has 0 radical (unpaired) electrons. The van der Waals surface area contributed by atoms with E-state index in [1.54, 1.807) is 4.90 Å². The number of carboxylic acid groups (broad SMARTS) is 1. The van der Waals surface area contributed by atoms with E-state index in [0.29, 0.717) is 11.6 Å². The number of anilines is 1. The molecule has 1 fully saturated rings. The van der Waals surface area contributed by atoms with Gasteiger partial charge in [0.05, 0.1) is 0 Å². The molecule has 1 saturated heterocycles. The molecule has 9 nitrogen and oxygen atoms in total. The van der Waals surface area contributed by atoms with Crippen molar-refractivity contribution < 1.29 is 23.1 Å². The van der Waals surface area contributed by atoms with Gasteiger partial charge in [-0.15, -0.1) is 0 Å². The Morgan fingerprint density at radius 2 is 1.74 bits per heavy atom. The number of aromatic nitrogens is 1. The first-order valence-corrected chi connectivity index (χ1v) is 11.6. The molecule has 2 heterocycles. The van der Waals surface area contributed by atoms with Crippen LogP contribution in [0.3, 0.4) is 0 Å². The van der Waals surface area contributed by atoms with Gasteiger partial charge in [0.15, 0.2) is 0 Å². The molecule has 2 aromatic rings. The number of nitrogens with zero attached hydrogens (tertiary/aromatic N) is 3. The number of hydrogen-bond donors (Lipinski definition) is 2. The predicted octanol–water partition coefficient (Wildman–Crippen LogP) is 2.78. The second kappa shape index (κ2) is 9.11. The fraction of sp³-hybridized carbons (Fsp3) is 0.429. The van der Waals surface area contributed by atoms with Gasteiger partial charge in [-0.05, 0) is 36.1 Å². The first kappa shape index (κ1) is 22.8. The number of aromatic carboxylic acids is 1. The minimum atomic E-state index is -3.83. The molecule has 3 rings (SSSR count). The van der Waals surface area contributed by atoms with Crippen molar-refractivity contribution in [1.82, 2.24) is 13.8 Å². The van der Waals surface area contributed by atoms with Gasteiger partial charge in [-0.25, -0.2) is 18.0 Å². The third kappa shape index (κ3) is 4.91. The number of urea groups is 1. The lowest BCUT2D eigenvalue weighted by atomic mass is 9.99. The summed E-state index contributed by atoms with van der Waals surface area (Å²) in [5, 5.41) is 12.0. The van der Waals surface area contributed by atoms with Gasteiger partial charge in [0, 0.05) is 45.1 Å². The van der Waals surface area contributed by atoms with Crippen LogP contribution in [0.2, 0.25) is 0 Å². The number of carboxylic acids is 1. The average molecular weight is 449 g/mol. The van der Waals surface area contributed by atoms with E-state index in [1.165, 1.54) is 27.7 Å². The zero-order chi connectivity index (χ0) is 22.8. The number of benzene rings is 1. The monoisotopic (exact) mass is 448 g/mol. The highest BCUT2D eigenvalue weighted by atomic mass is 32.2. The lowest BCUT2D eigenvalue weighted by Crippen LogP contribution is -2.51. The number of piperazine rings is 1. The van der Waals surface area contributed by atoms with Crippen molar-refractivity contribution in [3.63, 3.8) is 0 Å². The summed E-state index contributed by atoms with van der Waals surface area (Å²) in [6.45, 7) is 5.05. The van der Waals surface area contributed by atoms with Crippen molar-refractivity contribution in [3.8, 4) is 0 Å². The van der Waals surface area contributed by atoms with Crippen LogP contribution < -0.4 is 5.32 Å². The van der Waals surface area contributed by atoms with E-state index < -0.39 is 16.0 Å². The molecule has 1 aliphatic rings. The fourth-order valence-corrected chi connectivity index (χ4v) is 5.00. The SMILES string of the molecule is CCC(C)c1ccc(NC(=O)N2CCN(S(=O)(=O)c3cc(C(=O)O)n(C)c3)CC2)cc1. The molecule has 0 bridgehead atoms. The van der Waals surface area contributed by atoms with Crippen LogP contribution in [0.25, 0.3) is 0 Å². The predicted molar refractivity (Wildman–Crippen MR) is 117 cm³/mol. The maximum absolute atomic E-state index is 12.9. The van der Waals surface area contributed by atoms with Crippen LogP contribution in [0.15, 0.2) is 41.4 Å². The molecule has 31 heavy (non-hydrogen) atoms. The molecule has 168 valence electrons. The number of sulfonamides is 1. The summed E-state index contributed by atoms with van der Waals surface area (Å²) in [6.07, 6.45) is 2.33. The first-order valence-electron chi connectivity index (χ1n) is 10.2. The van der Waals surface area contributed by atoms with Gasteiger partial charge >= 0.3 is 12.0 Å². The van der Waals surface area contributed by atoms with Crippen molar-refractivity contribution in [2.24, 2.45) is 7.05 Å². The van der Waals surface area contributed by atoms with Gasteiger partial charge in [-0.3, -0.25) is 0 Å². The summed E-state index contributed by atoms with van der Waals surface area (Å²) in [4.78, 5) is 25.3. The Balaban J connectivity index is 1.60. The molecule has 1 aromatic carbocycles. The van der Waals surface area contributed by atoms with Crippen molar-refractivity contribution in [2.45, 2.75) is 31.1 Å². The van der Waals surface area contributed by atoms with Crippen LogP contribution in [0.5, 0.6) is 0 Å². The minimum absolute atomic E-state index is 0.0632. The Labute approximate surface area is 182 Å². The zero-order valence-corrected chi connectivity index (χ0v) is 18.7. The molecule has 10 heteroatoms. The van der Waals surface area contributed by atoms with E-state index in [2.05, 4.69) is 19.2 Å². The number of hydrogen-bond acceptors (Lipinski definition) is 4. The molecule has 1 unspecified atom stereocenters. The number of carbonyl (C=O) groups excluding carboxylic acids is 1. The Kier molecular flexibility index (Phi) is 6.71. The number of rotatable bonds is 6. The molecule has 0 saturated carbocycles. The molecular weight excluding hydrogens is 420 g/mol. The summed E-state index contributed by atoms with van der Waals surface area (Å²) in [6, 6.07) is 8.62. The summed E-state index contributed by atoms with van der Waals surface area (Å²) in [5.74, 6) is -0.737. The standard InChI is InChI=1S/C21H28N4O5S/c1-4-15(2)16-5-7-17(8-6-16)22-21(28)24-9-11-25(12-10-24)31(29,30)18-13-19(20(26)27)23(3)14-18/h5-8,13-15H,4,9-12H2,1-3H3,(H,22,28)(H,26,27). The third-order valence-electron chi connectivity index (χ3n) is 5.71.